The number of nitrogens with one attached hydrogen (secondary N) is 1. The molecular weight excluding hydrogens is 312 g/mol. The van der Waals surface area contributed by atoms with Crippen molar-refractivity contribution in [3.63, 3.8) is 0 Å². The smallest absolute Gasteiger partial charge is 0.261 e. The van der Waals surface area contributed by atoms with Crippen LogP contribution in [0.3, 0.4) is 0 Å². The SMILES string of the molecule is CCN1CCC[C@H]1CNC(=O)C(O)(c1ccccc1)c1ccccc1. The molecule has 3 rings (SSSR count). The summed E-state index contributed by atoms with van der Waals surface area (Å²) in [6.07, 6.45) is 2.25. The van der Waals surface area contributed by atoms with Crippen molar-refractivity contribution in [2.75, 3.05) is 19.6 Å². The van der Waals surface area contributed by atoms with E-state index in [9.17, 15) is 9.90 Å². The first kappa shape index (κ1) is 17.6. The number of carbonyl (C=O) groups is 1. The standard InChI is InChI=1S/C21H26N2O2/c1-2-23-15-9-14-19(23)16-22-20(24)21(25,17-10-5-3-6-11-17)18-12-7-4-8-13-18/h3-8,10-13,19,25H,2,9,14-16H2,1H3,(H,22,24)/t19-/m0/s1. The zero-order valence-corrected chi connectivity index (χ0v) is 14.7. The van der Waals surface area contributed by atoms with Gasteiger partial charge in [0.05, 0.1) is 0 Å². The Morgan fingerprint density at radius 3 is 2.20 bits per heavy atom. The van der Waals surface area contributed by atoms with Gasteiger partial charge in [-0.15, -0.1) is 0 Å². The molecule has 1 amide bonds. The molecule has 25 heavy (non-hydrogen) atoms. The van der Waals surface area contributed by atoms with Crippen molar-refractivity contribution >= 4 is 5.91 Å². The first-order chi connectivity index (χ1) is 12.2. The quantitative estimate of drug-likeness (QED) is 0.851. The maximum atomic E-state index is 13.0. The molecule has 2 aromatic carbocycles. The number of amides is 1. The zero-order chi connectivity index (χ0) is 17.7. The minimum Gasteiger partial charge on any atom is -0.372 e. The number of carbonyl (C=O) groups excluding carboxylic acids is 1. The van der Waals surface area contributed by atoms with Crippen LogP contribution < -0.4 is 5.32 Å². The molecule has 0 aliphatic carbocycles. The Bertz CT molecular complexity index is 648. The Balaban J connectivity index is 1.83. The second-order valence-electron chi connectivity index (χ2n) is 6.58. The summed E-state index contributed by atoms with van der Waals surface area (Å²) in [5.41, 5.74) is -0.520. The van der Waals surface area contributed by atoms with E-state index < -0.39 is 5.60 Å². The van der Waals surface area contributed by atoms with Crippen molar-refractivity contribution in [2.24, 2.45) is 0 Å². The molecule has 2 N–H and O–H groups in total. The van der Waals surface area contributed by atoms with Gasteiger partial charge in [-0.05, 0) is 37.1 Å². The average Bonchev–Trinajstić information content (AvgIpc) is 3.14. The van der Waals surface area contributed by atoms with Gasteiger partial charge < -0.3 is 10.4 Å². The number of benzene rings is 2. The highest BCUT2D eigenvalue weighted by atomic mass is 16.3. The normalized spacial score (nSPS) is 18.2. The Morgan fingerprint density at radius 2 is 1.68 bits per heavy atom. The lowest BCUT2D eigenvalue weighted by molar-refractivity contribution is -0.136. The van der Waals surface area contributed by atoms with Crippen LogP contribution in [0.1, 0.15) is 30.9 Å². The van der Waals surface area contributed by atoms with E-state index >= 15 is 0 Å². The van der Waals surface area contributed by atoms with Crippen molar-refractivity contribution in [2.45, 2.75) is 31.4 Å². The number of rotatable bonds is 6. The fraction of sp³-hybridized carbons (Fsp3) is 0.381. The minimum absolute atomic E-state index is 0.352. The Morgan fingerprint density at radius 1 is 1.12 bits per heavy atom. The predicted octanol–water partition coefficient (Wildman–Crippen LogP) is 2.52. The lowest BCUT2D eigenvalue weighted by Crippen LogP contribution is -2.49. The largest absolute Gasteiger partial charge is 0.372 e. The van der Waals surface area contributed by atoms with Crippen LogP contribution in [0.4, 0.5) is 0 Å². The van der Waals surface area contributed by atoms with Crippen molar-refractivity contribution in [1.82, 2.24) is 10.2 Å². The van der Waals surface area contributed by atoms with Gasteiger partial charge in [0.1, 0.15) is 0 Å². The molecule has 0 aromatic heterocycles. The molecule has 1 heterocycles. The summed E-state index contributed by atoms with van der Waals surface area (Å²) in [7, 11) is 0. The lowest BCUT2D eigenvalue weighted by Gasteiger charge is -2.30. The van der Waals surface area contributed by atoms with Crippen LogP contribution >= 0.6 is 0 Å². The maximum absolute atomic E-state index is 13.0. The molecule has 4 heteroatoms. The third kappa shape index (κ3) is 3.60. The molecule has 0 saturated carbocycles. The highest BCUT2D eigenvalue weighted by Crippen LogP contribution is 2.30. The first-order valence-corrected chi connectivity index (χ1v) is 9.02. The van der Waals surface area contributed by atoms with Gasteiger partial charge in [0.15, 0.2) is 5.60 Å². The Labute approximate surface area is 149 Å². The molecule has 0 spiro atoms. The number of aliphatic hydroxyl groups is 1. The van der Waals surface area contributed by atoms with Gasteiger partial charge in [0.25, 0.3) is 5.91 Å². The monoisotopic (exact) mass is 338 g/mol. The third-order valence-electron chi connectivity index (χ3n) is 5.12. The summed E-state index contributed by atoms with van der Waals surface area (Å²) < 4.78 is 0. The third-order valence-corrected chi connectivity index (χ3v) is 5.12. The second kappa shape index (κ2) is 7.81. The van der Waals surface area contributed by atoms with E-state index in [4.69, 9.17) is 0 Å². The molecule has 132 valence electrons. The highest BCUT2D eigenvalue weighted by molar-refractivity contribution is 5.90. The van der Waals surface area contributed by atoms with Crippen LogP contribution in [0.5, 0.6) is 0 Å². The van der Waals surface area contributed by atoms with Crippen LogP contribution in [-0.4, -0.2) is 41.6 Å². The number of likely N-dealkylation sites (N-methyl/N-ethyl adjacent to an activating group) is 1. The van der Waals surface area contributed by atoms with Crippen LogP contribution in [0.25, 0.3) is 0 Å². The molecule has 1 fully saturated rings. The number of likely N-dealkylation sites (tertiary alicyclic amines) is 1. The van der Waals surface area contributed by atoms with Crippen molar-refractivity contribution < 1.29 is 9.90 Å². The fourth-order valence-corrected chi connectivity index (χ4v) is 3.67. The number of hydrogen-bond donors (Lipinski definition) is 2. The molecule has 1 aliphatic heterocycles. The molecule has 0 unspecified atom stereocenters. The molecular formula is C21H26N2O2. The van der Waals surface area contributed by atoms with E-state index in [1.165, 1.54) is 0 Å². The molecule has 0 radical (unpaired) electrons. The number of nitrogens with zero attached hydrogens (tertiary/aromatic N) is 1. The fourth-order valence-electron chi connectivity index (χ4n) is 3.67. The van der Waals surface area contributed by atoms with Crippen LogP contribution in [-0.2, 0) is 10.4 Å². The zero-order valence-electron chi connectivity index (χ0n) is 14.7. The van der Waals surface area contributed by atoms with Gasteiger partial charge in [0, 0.05) is 12.6 Å². The predicted molar refractivity (Wildman–Crippen MR) is 99.2 cm³/mol. The summed E-state index contributed by atoms with van der Waals surface area (Å²) in [5, 5.41) is 14.4. The summed E-state index contributed by atoms with van der Waals surface area (Å²) in [5.74, 6) is -0.368. The Hall–Kier alpha value is -2.17. The second-order valence-corrected chi connectivity index (χ2v) is 6.58. The summed E-state index contributed by atoms with van der Waals surface area (Å²) >= 11 is 0. The van der Waals surface area contributed by atoms with E-state index in [-0.39, 0.29) is 5.91 Å². The van der Waals surface area contributed by atoms with Gasteiger partial charge in [-0.2, -0.15) is 0 Å². The van der Waals surface area contributed by atoms with E-state index in [1.54, 1.807) is 24.3 Å². The summed E-state index contributed by atoms with van der Waals surface area (Å²) in [6, 6.07) is 18.6. The molecule has 2 aromatic rings. The van der Waals surface area contributed by atoms with E-state index in [0.717, 1.165) is 25.9 Å². The van der Waals surface area contributed by atoms with E-state index in [1.807, 2.05) is 36.4 Å². The van der Waals surface area contributed by atoms with Gasteiger partial charge in [-0.25, -0.2) is 0 Å². The Kier molecular flexibility index (Phi) is 5.51. The molecule has 4 nitrogen and oxygen atoms in total. The van der Waals surface area contributed by atoms with Gasteiger partial charge >= 0.3 is 0 Å². The lowest BCUT2D eigenvalue weighted by atomic mass is 9.85. The molecule has 1 saturated heterocycles. The maximum Gasteiger partial charge on any atom is 0.261 e. The van der Waals surface area contributed by atoms with Gasteiger partial charge in [-0.1, -0.05) is 67.6 Å². The van der Waals surface area contributed by atoms with E-state index in [2.05, 4.69) is 17.1 Å². The first-order valence-electron chi connectivity index (χ1n) is 9.02. The molecule has 1 aliphatic rings. The summed E-state index contributed by atoms with van der Waals surface area (Å²) in [4.78, 5) is 15.4. The van der Waals surface area contributed by atoms with Crippen molar-refractivity contribution in [3.05, 3.63) is 71.8 Å². The summed E-state index contributed by atoms with van der Waals surface area (Å²) in [6.45, 7) is 4.78. The van der Waals surface area contributed by atoms with E-state index in [0.29, 0.717) is 23.7 Å². The number of hydrogen-bond acceptors (Lipinski definition) is 3. The van der Waals surface area contributed by atoms with Gasteiger partial charge in [-0.3, -0.25) is 9.69 Å². The highest BCUT2D eigenvalue weighted by Gasteiger charge is 2.40. The van der Waals surface area contributed by atoms with Crippen LogP contribution in [0.2, 0.25) is 0 Å². The van der Waals surface area contributed by atoms with Crippen LogP contribution in [0, 0.1) is 0 Å². The molecule has 1 atom stereocenters. The minimum atomic E-state index is -1.68. The van der Waals surface area contributed by atoms with Crippen molar-refractivity contribution in [3.8, 4) is 0 Å². The molecule has 0 bridgehead atoms. The topological polar surface area (TPSA) is 52.6 Å². The van der Waals surface area contributed by atoms with Gasteiger partial charge in [0.2, 0.25) is 0 Å². The average molecular weight is 338 g/mol. The van der Waals surface area contributed by atoms with Crippen LogP contribution in [0.15, 0.2) is 60.7 Å². The van der Waals surface area contributed by atoms with Crippen molar-refractivity contribution in [1.29, 1.82) is 0 Å².